The van der Waals surface area contributed by atoms with Crippen LogP contribution in [0.2, 0.25) is 0 Å². The molecule has 0 aromatic heterocycles. The van der Waals surface area contributed by atoms with Crippen molar-refractivity contribution in [1.82, 2.24) is 0 Å². The molecule has 0 N–H and O–H groups in total. The first-order valence-electron chi connectivity index (χ1n) is 9.33. The first-order chi connectivity index (χ1) is 11.2. The second-order valence-corrected chi connectivity index (χ2v) is 5.96. The fourth-order valence-electron chi connectivity index (χ4n) is 2.90. The molecule has 0 saturated carbocycles. The summed E-state index contributed by atoms with van der Waals surface area (Å²) in [5.41, 5.74) is 2.81. The summed E-state index contributed by atoms with van der Waals surface area (Å²) in [5, 5.41) is 0. The molecule has 0 radical (unpaired) electrons. The quantitative estimate of drug-likeness (QED) is 0.579. The molecule has 0 saturated heterocycles. The molecule has 128 valence electrons. The van der Waals surface area contributed by atoms with E-state index in [1.165, 1.54) is 17.6 Å². The third-order valence-electron chi connectivity index (χ3n) is 4.57. The molecule has 1 heteroatoms. The maximum absolute atomic E-state index is 5.91. The van der Waals surface area contributed by atoms with Crippen LogP contribution < -0.4 is 4.74 Å². The van der Waals surface area contributed by atoms with Crippen LogP contribution in [0.15, 0.2) is 48.1 Å². The Bertz CT molecular complexity index is 512. The van der Waals surface area contributed by atoms with Gasteiger partial charge in [0.15, 0.2) is 0 Å². The van der Waals surface area contributed by atoms with Crippen LogP contribution in [0, 0.1) is 17.8 Å². The molecular weight excluding hydrogens is 280 g/mol. The van der Waals surface area contributed by atoms with E-state index < -0.39 is 0 Å². The van der Waals surface area contributed by atoms with Crippen LogP contribution in [-0.4, -0.2) is 6.61 Å². The van der Waals surface area contributed by atoms with Gasteiger partial charge in [0.1, 0.15) is 5.75 Å². The Morgan fingerprint density at radius 3 is 2.43 bits per heavy atom. The number of benzene rings is 1. The molecule has 23 heavy (non-hydrogen) atoms. The van der Waals surface area contributed by atoms with E-state index in [1.54, 1.807) is 0 Å². The highest BCUT2D eigenvalue weighted by Crippen LogP contribution is 2.33. The molecule has 3 unspecified atom stereocenters. The van der Waals surface area contributed by atoms with Gasteiger partial charge in [0.25, 0.3) is 0 Å². The molecule has 2 aliphatic rings. The number of ether oxygens (including phenoxy) is 1. The Morgan fingerprint density at radius 2 is 1.70 bits per heavy atom. The molecule has 1 aromatic carbocycles. The molecule has 0 amide bonds. The second kappa shape index (κ2) is 10.3. The van der Waals surface area contributed by atoms with Gasteiger partial charge in [0.2, 0.25) is 0 Å². The van der Waals surface area contributed by atoms with Crippen LogP contribution in [0.3, 0.4) is 0 Å². The highest BCUT2D eigenvalue weighted by Gasteiger charge is 2.23. The van der Waals surface area contributed by atoms with Crippen LogP contribution >= 0.6 is 0 Å². The van der Waals surface area contributed by atoms with E-state index in [4.69, 9.17) is 4.74 Å². The molecular formula is C22H34O. The van der Waals surface area contributed by atoms with Gasteiger partial charge in [-0.25, -0.2) is 0 Å². The lowest BCUT2D eigenvalue weighted by molar-refractivity contribution is 0.245. The number of hydrogen-bond acceptors (Lipinski definition) is 1. The average Bonchev–Trinajstić information content (AvgIpc) is 2.80. The molecule has 3 atom stereocenters. The minimum absolute atomic E-state index is 0.517. The van der Waals surface area contributed by atoms with Crippen LogP contribution in [0.1, 0.15) is 53.5 Å². The van der Waals surface area contributed by atoms with Gasteiger partial charge in [-0.2, -0.15) is 0 Å². The Morgan fingerprint density at radius 1 is 1.00 bits per heavy atom. The SMILES string of the molecule is CC.CC.CC1C=CC(C2COc3ccccc3C2)=CCC1C. The van der Waals surface area contributed by atoms with Gasteiger partial charge < -0.3 is 4.74 Å². The lowest BCUT2D eigenvalue weighted by Crippen LogP contribution is -2.22. The second-order valence-electron chi connectivity index (χ2n) is 5.96. The summed E-state index contributed by atoms with van der Waals surface area (Å²) in [6.07, 6.45) is 9.41. The first kappa shape index (κ1) is 19.5. The minimum Gasteiger partial charge on any atom is -0.493 e. The number of rotatable bonds is 1. The van der Waals surface area contributed by atoms with Crippen molar-refractivity contribution in [2.24, 2.45) is 17.8 Å². The minimum atomic E-state index is 0.517. The molecule has 1 aromatic rings. The van der Waals surface area contributed by atoms with Gasteiger partial charge in [-0.05, 0) is 41.9 Å². The van der Waals surface area contributed by atoms with E-state index in [0.717, 1.165) is 24.7 Å². The monoisotopic (exact) mass is 314 g/mol. The third kappa shape index (κ3) is 5.27. The van der Waals surface area contributed by atoms with Crippen LogP contribution in [0.4, 0.5) is 0 Å². The fourth-order valence-corrected chi connectivity index (χ4v) is 2.90. The number of allylic oxidation sites excluding steroid dienone is 3. The Labute approximate surface area is 143 Å². The van der Waals surface area contributed by atoms with Crippen molar-refractivity contribution < 1.29 is 4.74 Å². The van der Waals surface area contributed by atoms with E-state index in [9.17, 15) is 0 Å². The van der Waals surface area contributed by atoms with E-state index in [1.807, 2.05) is 33.8 Å². The normalized spacial score (nSPS) is 25.3. The number of fused-ring (bicyclic) bond motifs is 1. The van der Waals surface area contributed by atoms with E-state index in [-0.39, 0.29) is 0 Å². The summed E-state index contributed by atoms with van der Waals surface area (Å²) in [4.78, 5) is 0. The summed E-state index contributed by atoms with van der Waals surface area (Å²) in [5.74, 6) is 3.00. The zero-order valence-corrected chi connectivity index (χ0v) is 15.8. The summed E-state index contributed by atoms with van der Waals surface area (Å²) in [6, 6.07) is 8.42. The zero-order chi connectivity index (χ0) is 17.2. The Balaban J connectivity index is 0.000000615. The predicted octanol–water partition coefficient (Wildman–Crippen LogP) is 6.45. The van der Waals surface area contributed by atoms with Crippen molar-refractivity contribution in [3.8, 4) is 5.75 Å². The molecule has 1 heterocycles. The number of para-hydroxylation sites is 1. The van der Waals surface area contributed by atoms with E-state index >= 15 is 0 Å². The molecule has 0 fully saturated rings. The molecule has 3 rings (SSSR count). The molecule has 1 aliphatic heterocycles. The fraction of sp³-hybridized carbons (Fsp3) is 0.545. The molecule has 1 aliphatic carbocycles. The molecule has 0 bridgehead atoms. The van der Waals surface area contributed by atoms with Gasteiger partial charge in [-0.15, -0.1) is 0 Å². The number of hydrogen-bond donors (Lipinski definition) is 0. The topological polar surface area (TPSA) is 9.23 Å². The van der Waals surface area contributed by atoms with Crippen molar-refractivity contribution in [2.45, 2.75) is 54.4 Å². The maximum atomic E-state index is 5.91. The van der Waals surface area contributed by atoms with Crippen molar-refractivity contribution in [2.75, 3.05) is 6.61 Å². The van der Waals surface area contributed by atoms with Crippen molar-refractivity contribution in [1.29, 1.82) is 0 Å². The van der Waals surface area contributed by atoms with E-state index in [0.29, 0.717) is 11.8 Å². The standard InChI is InChI=1S/C18H22O.2C2H6/c1-13-7-9-15(10-8-14(13)2)17-11-16-5-3-4-6-18(16)19-12-17;2*1-2/h3-7,9-10,13-14,17H,8,11-12H2,1-2H3;2*1-2H3. The van der Waals surface area contributed by atoms with E-state index in [2.05, 4.69) is 50.3 Å². The molecule has 0 spiro atoms. The van der Waals surface area contributed by atoms with Gasteiger partial charge >= 0.3 is 0 Å². The third-order valence-corrected chi connectivity index (χ3v) is 4.57. The van der Waals surface area contributed by atoms with Crippen LogP contribution in [-0.2, 0) is 6.42 Å². The summed E-state index contributed by atoms with van der Waals surface area (Å²) in [6.45, 7) is 13.5. The first-order valence-corrected chi connectivity index (χ1v) is 9.33. The summed E-state index contributed by atoms with van der Waals surface area (Å²) >= 11 is 0. The lowest BCUT2D eigenvalue weighted by atomic mass is 9.89. The van der Waals surface area contributed by atoms with Crippen molar-refractivity contribution >= 4 is 0 Å². The largest absolute Gasteiger partial charge is 0.493 e. The Hall–Kier alpha value is -1.50. The maximum Gasteiger partial charge on any atom is 0.122 e. The molecule has 1 nitrogen and oxygen atoms in total. The highest BCUT2D eigenvalue weighted by molar-refractivity contribution is 5.38. The smallest absolute Gasteiger partial charge is 0.122 e. The highest BCUT2D eigenvalue weighted by atomic mass is 16.5. The predicted molar refractivity (Wildman–Crippen MR) is 102 cm³/mol. The average molecular weight is 315 g/mol. The van der Waals surface area contributed by atoms with Crippen molar-refractivity contribution in [3.63, 3.8) is 0 Å². The van der Waals surface area contributed by atoms with Crippen molar-refractivity contribution in [3.05, 3.63) is 53.6 Å². The van der Waals surface area contributed by atoms with Gasteiger partial charge in [0.05, 0.1) is 6.61 Å². The Kier molecular flexibility index (Phi) is 8.76. The van der Waals surface area contributed by atoms with Gasteiger partial charge in [-0.1, -0.05) is 78.0 Å². The van der Waals surface area contributed by atoms with Gasteiger partial charge in [0, 0.05) is 5.92 Å². The summed E-state index contributed by atoms with van der Waals surface area (Å²) < 4.78 is 5.91. The van der Waals surface area contributed by atoms with Crippen LogP contribution in [0.25, 0.3) is 0 Å². The van der Waals surface area contributed by atoms with Crippen LogP contribution in [0.5, 0.6) is 5.75 Å². The zero-order valence-electron chi connectivity index (χ0n) is 15.8. The summed E-state index contributed by atoms with van der Waals surface area (Å²) in [7, 11) is 0. The van der Waals surface area contributed by atoms with Gasteiger partial charge in [-0.3, -0.25) is 0 Å². The lowest BCUT2D eigenvalue weighted by Gasteiger charge is -2.26.